The molecule has 5 heteroatoms. The first kappa shape index (κ1) is 60.0. The van der Waals surface area contributed by atoms with E-state index in [-0.39, 0.29) is 11.8 Å². The Bertz CT molecular complexity index is 1140. The molecule has 0 aliphatic heterocycles. The first-order valence-electron chi connectivity index (χ1n) is 29.0. The van der Waals surface area contributed by atoms with Gasteiger partial charge in [-0.05, 0) is 37.5 Å². The van der Waals surface area contributed by atoms with Crippen molar-refractivity contribution in [2.45, 2.75) is 310 Å². The van der Waals surface area contributed by atoms with Crippen molar-refractivity contribution >= 4 is 11.8 Å². The van der Waals surface area contributed by atoms with Crippen molar-refractivity contribution in [3.05, 3.63) is 29.3 Å². The lowest BCUT2D eigenvalue weighted by Gasteiger charge is -2.14. The molecule has 0 saturated carbocycles. The van der Waals surface area contributed by atoms with Crippen molar-refractivity contribution in [3.63, 3.8) is 0 Å². The van der Waals surface area contributed by atoms with E-state index in [1.165, 1.54) is 250 Å². The average molecular weight is 896 g/mol. The molecule has 0 bridgehead atoms. The van der Waals surface area contributed by atoms with Crippen LogP contribution < -0.4 is 15.4 Å². The average Bonchev–Trinajstić information content (AvgIpc) is 3.30. The summed E-state index contributed by atoms with van der Waals surface area (Å²) in [4.78, 5) is 26.6. The summed E-state index contributed by atoms with van der Waals surface area (Å²) in [5.41, 5.74) is 1.11. The quantitative estimate of drug-likeness (QED) is 0.0640. The molecular weight excluding hydrogens is 785 g/mol. The zero-order valence-corrected chi connectivity index (χ0v) is 43.4. The Morgan fingerprint density at radius 2 is 0.609 bits per heavy atom. The van der Waals surface area contributed by atoms with Gasteiger partial charge in [0.2, 0.25) is 0 Å². The molecule has 64 heavy (non-hydrogen) atoms. The lowest BCUT2D eigenvalue weighted by atomic mass is 10.0. The second-order valence-corrected chi connectivity index (χ2v) is 19.9. The van der Waals surface area contributed by atoms with Crippen molar-refractivity contribution < 1.29 is 14.3 Å². The fourth-order valence-corrected chi connectivity index (χ4v) is 9.22. The van der Waals surface area contributed by atoms with Crippen LogP contribution in [0.1, 0.15) is 330 Å². The van der Waals surface area contributed by atoms with E-state index < -0.39 is 0 Å². The third-order valence-corrected chi connectivity index (χ3v) is 13.6. The maximum absolute atomic E-state index is 13.4. The number of amides is 2. The molecule has 0 aromatic heterocycles. The first-order chi connectivity index (χ1) is 31.6. The maximum Gasteiger partial charge on any atom is 0.255 e. The van der Waals surface area contributed by atoms with Crippen LogP contribution in [-0.2, 0) is 0 Å². The summed E-state index contributed by atoms with van der Waals surface area (Å²) >= 11 is 0. The van der Waals surface area contributed by atoms with Crippen LogP contribution in [0, 0.1) is 0 Å². The molecule has 2 amide bonds. The van der Waals surface area contributed by atoms with Crippen LogP contribution in [0.5, 0.6) is 5.75 Å². The highest BCUT2D eigenvalue weighted by molar-refractivity contribution is 6.00. The van der Waals surface area contributed by atoms with Gasteiger partial charge in [0.05, 0.1) is 12.2 Å². The van der Waals surface area contributed by atoms with Crippen molar-refractivity contribution in [2.24, 2.45) is 0 Å². The van der Waals surface area contributed by atoms with E-state index in [1.54, 1.807) is 18.2 Å². The standard InChI is InChI=1S/C59H110N2O3/c1-4-7-10-13-16-19-21-23-25-27-29-31-33-35-37-40-43-46-51-60-58(62)55-49-50-56(57(54-55)64-53-48-45-42-39-18-15-12-9-6-3)59(63)61-52-47-44-41-38-36-34-32-30-28-26-24-22-20-17-14-11-8-5-2/h49-50,54H,4-48,51-53H2,1-3H3,(H,60,62)(H,61,63). The lowest BCUT2D eigenvalue weighted by Crippen LogP contribution is -2.26. The first-order valence-corrected chi connectivity index (χ1v) is 29.0. The Kier molecular flexibility index (Phi) is 45.8. The highest BCUT2D eigenvalue weighted by atomic mass is 16.5. The van der Waals surface area contributed by atoms with Crippen LogP contribution in [0.25, 0.3) is 0 Å². The predicted octanol–water partition coefficient (Wildman–Crippen LogP) is 19.1. The van der Waals surface area contributed by atoms with Crippen molar-refractivity contribution in [1.82, 2.24) is 10.6 Å². The van der Waals surface area contributed by atoms with E-state index in [0.29, 0.717) is 36.6 Å². The minimum absolute atomic E-state index is 0.0781. The Labute approximate surface area is 399 Å². The van der Waals surface area contributed by atoms with Crippen LogP contribution >= 0.6 is 0 Å². The van der Waals surface area contributed by atoms with Crippen LogP contribution in [0.15, 0.2) is 18.2 Å². The molecule has 0 unspecified atom stereocenters. The molecular formula is C59H110N2O3. The molecule has 0 fully saturated rings. The van der Waals surface area contributed by atoms with Crippen LogP contribution in [0.3, 0.4) is 0 Å². The summed E-state index contributed by atoms with van der Waals surface area (Å²) in [7, 11) is 0. The highest BCUT2D eigenvalue weighted by Crippen LogP contribution is 2.23. The van der Waals surface area contributed by atoms with Gasteiger partial charge in [-0.3, -0.25) is 9.59 Å². The molecule has 1 aromatic rings. The second kappa shape index (κ2) is 48.9. The molecule has 1 rings (SSSR count). The molecule has 1 aromatic carbocycles. The van der Waals surface area contributed by atoms with E-state index in [0.717, 1.165) is 38.5 Å². The van der Waals surface area contributed by atoms with E-state index in [4.69, 9.17) is 4.74 Å². The van der Waals surface area contributed by atoms with Crippen molar-refractivity contribution in [3.8, 4) is 5.75 Å². The van der Waals surface area contributed by atoms with Gasteiger partial charge in [0.1, 0.15) is 5.75 Å². The SMILES string of the molecule is CCCCCCCCCCCCCCCCCCCCNC(=O)c1ccc(C(=O)NCCCCCCCCCCCCCCCCCCCC)c(OCCCCCCCCCCC)c1. The summed E-state index contributed by atoms with van der Waals surface area (Å²) in [5.74, 6) is 0.362. The van der Waals surface area contributed by atoms with E-state index in [1.807, 2.05) is 0 Å². The van der Waals surface area contributed by atoms with Gasteiger partial charge in [-0.25, -0.2) is 0 Å². The summed E-state index contributed by atoms with van der Waals surface area (Å²) in [6.45, 7) is 8.79. The molecule has 374 valence electrons. The molecule has 0 radical (unpaired) electrons. The fourth-order valence-electron chi connectivity index (χ4n) is 9.22. The fraction of sp³-hybridized carbons (Fsp3) is 0.864. The lowest BCUT2D eigenvalue weighted by molar-refractivity contribution is 0.0937. The Balaban J connectivity index is 2.30. The van der Waals surface area contributed by atoms with Gasteiger partial charge in [-0.2, -0.15) is 0 Å². The molecule has 5 nitrogen and oxygen atoms in total. The Morgan fingerprint density at radius 3 is 0.922 bits per heavy atom. The van der Waals surface area contributed by atoms with Gasteiger partial charge >= 0.3 is 0 Å². The van der Waals surface area contributed by atoms with Gasteiger partial charge in [0.15, 0.2) is 0 Å². The molecule has 0 heterocycles. The molecule has 0 spiro atoms. The third kappa shape index (κ3) is 39.2. The van der Waals surface area contributed by atoms with Gasteiger partial charge in [-0.15, -0.1) is 0 Å². The van der Waals surface area contributed by atoms with Crippen molar-refractivity contribution in [1.29, 1.82) is 0 Å². The van der Waals surface area contributed by atoms with Crippen LogP contribution in [-0.4, -0.2) is 31.5 Å². The third-order valence-electron chi connectivity index (χ3n) is 13.6. The summed E-state index contributed by atoms with van der Waals surface area (Å²) in [6, 6.07) is 5.38. The molecule has 0 aliphatic carbocycles. The molecule has 0 aliphatic rings. The van der Waals surface area contributed by atoms with Gasteiger partial charge in [-0.1, -0.05) is 290 Å². The minimum Gasteiger partial charge on any atom is -0.493 e. The van der Waals surface area contributed by atoms with Crippen molar-refractivity contribution in [2.75, 3.05) is 19.7 Å². The monoisotopic (exact) mass is 895 g/mol. The minimum atomic E-state index is -0.0974. The van der Waals surface area contributed by atoms with Gasteiger partial charge < -0.3 is 15.4 Å². The zero-order valence-electron chi connectivity index (χ0n) is 43.4. The number of benzene rings is 1. The maximum atomic E-state index is 13.4. The number of hydrogen-bond acceptors (Lipinski definition) is 3. The molecule has 0 atom stereocenters. The number of unbranched alkanes of at least 4 members (excludes halogenated alkanes) is 42. The van der Waals surface area contributed by atoms with Gasteiger partial charge in [0, 0.05) is 18.7 Å². The summed E-state index contributed by atoms with van der Waals surface area (Å²) in [6.07, 6.45) is 60.1. The smallest absolute Gasteiger partial charge is 0.255 e. The normalized spacial score (nSPS) is 11.4. The van der Waals surface area contributed by atoms with E-state index in [2.05, 4.69) is 31.4 Å². The van der Waals surface area contributed by atoms with Crippen LogP contribution in [0.4, 0.5) is 0 Å². The summed E-state index contributed by atoms with van der Waals surface area (Å²) in [5, 5.41) is 6.28. The molecule has 0 saturated heterocycles. The number of hydrogen-bond donors (Lipinski definition) is 2. The number of ether oxygens (including phenoxy) is 1. The Hall–Kier alpha value is -2.04. The number of carbonyl (C=O) groups excluding carboxylic acids is 2. The second-order valence-electron chi connectivity index (χ2n) is 19.9. The zero-order chi connectivity index (χ0) is 46.1. The largest absolute Gasteiger partial charge is 0.493 e. The highest BCUT2D eigenvalue weighted by Gasteiger charge is 2.16. The van der Waals surface area contributed by atoms with Crippen LogP contribution in [0.2, 0.25) is 0 Å². The number of rotatable bonds is 51. The molecule has 2 N–H and O–H groups in total. The Morgan fingerprint density at radius 1 is 0.344 bits per heavy atom. The predicted molar refractivity (Wildman–Crippen MR) is 281 cm³/mol. The van der Waals surface area contributed by atoms with Gasteiger partial charge in [0.25, 0.3) is 11.8 Å². The van der Waals surface area contributed by atoms with E-state index >= 15 is 0 Å². The van der Waals surface area contributed by atoms with E-state index in [9.17, 15) is 9.59 Å². The topological polar surface area (TPSA) is 67.4 Å². The summed E-state index contributed by atoms with van der Waals surface area (Å²) < 4.78 is 6.26. The number of carbonyl (C=O) groups is 2. The number of nitrogens with one attached hydrogen (secondary N) is 2.